The first-order chi connectivity index (χ1) is 18.8. The molecule has 7 nitrogen and oxygen atoms in total. The van der Waals surface area contributed by atoms with Crippen LogP contribution in [0.2, 0.25) is 10.0 Å². The molecule has 0 radical (unpaired) electrons. The zero-order chi connectivity index (χ0) is 29.4. The molecular formula is C29H30Cl2F2N4O3. The van der Waals surface area contributed by atoms with Crippen LogP contribution in [0.25, 0.3) is 0 Å². The fraction of sp³-hybridized carbons (Fsp3) is 0.345. The van der Waals surface area contributed by atoms with Crippen LogP contribution in [0.5, 0.6) is 0 Å². The highest BCUT2D eigenvalue weighted by molar-refractivity contribution is 6.31. The number of methoxy groups -OCH3 is 1. The van der Waals surface area contributed by atoms with Crippen LogP contribution in [-0.4, -0.2) is 36.1 Å². The minimum absolute atomic E-state index is 0.0578. The monoisotopic (exact) mass is 590 g/mol. The van der Waals surface area contributed by atoms with E-state index in [1.165, 1.54) is 49.7 Å². The number of esters is 1. The number of anilines is 1. The molecule has 3 aromatic rings. The number of pyridine rings is 1. The highest BCUT2D eigenvalue weighted by atomic mass is 35.5. The normalized spacial score (nSPS) is 22.7. The lowest BCUT2D eigenvalue weighted by atomic mass is 9.68. The Balaban J connectivity index is 1.85. The fourth-order valence-electron chi connectivity index (χ4n) is 5.31. The van der Waals surface area contributed by atoms with Gasteiger partial charge in [0.1, 0.15) is 17.5 Å². The van der Waals surface area contributed by atoms with Crippen LogP contribution in [0, 0.1) is 17.0 Å². The predicted molar refractivity (Wildman–Crippen MR) is 150 cm³/mol. The van der Waals surface area contributed by atoms with Crippen molar-refractivity contribution in [2.24, 2.45) is 11.1 Å². The Morgan fingerprint density at radius 3 is 2.48 bits per heavy atom. The van der Waals surface area contributed by atoms with Gasteiger partial charge in [0.2, 0.25) is 5.91 Å². The van der Waals surface area contributed by atoms with Crippen molar-refractivity contribution in [2.45, 2.75) is 50.7 Å². The Kier molecular flexibility index (Phi) is 8.52. The number of carbonyl (C=O) groups is 2. The van der Waals surface area contributed by atoms with Crippen molar-refractivity contribution in [2.75, 3.05) is 12.4 Å². The highest BCUT2D eigenvalue weighted by Gasteiger charge is 2.58. The van der Waals surface area contributed by atoms with E-state index in [4.69, 9.17) is 28.9 Å². The highest BCUT2D eigenvalue weighted by Crippen LogP contribution is 2.50. The van der Waals surface area contributed by atoms with Gasteiger partial charge in [-0.3, -0.25) is 4.79 Å². The van der Waals surface area contributed by atoms with Gasteiger partial charge in [-0.05, 0) is 47.7 Å². The number of rotatable bonds is 6. The number of nitrogens with one attached hydrogen (secondary N) is 2. The summed E-state index contributed by atoms with van der Waals surface area (Å²) in [5, 5.41) is 6.01. The molecule has 0 saturated carbocycles. The van der Waals surface area contributed by atoms with Crippen molar-refractivity contribution < 1.29 is 23.1 Å². The maximum absolute atomic E-state index is 15.6. The molecule has 4 N–H and O–H groups in total. The van der Waals surface area contributed by atoms with E-state index in [2.05, 4.69) is 20.4 Å². The van der Waals surface area contributed by atoms with Gasteiger partial charge in [0.25, 0.3) is 0 Å². The quantitative estimate of drug-likeness (QED) is 0.313. The predicted octanol–water partition coefficient (Wildman–Crippen LogP) is 5.81. The number of benzene rings is 2. The fourth-order valence-corrected chi connectivity index (χ4v) is 5.66. The van der Waals surface area contributed by atoms with Crippen LogP contribution in [0.1, 0.15) is 54.6 Å². The number of nitrogens with two attached hydrogens (primary N) is 1. The van der Waals surface area contributed by atoms with Crippen LogP contribution in [0.15, 0.2) is 54.7 Å². The maximum atomic E-state index is 15.6. The Morgan fingerprint density at radius 2 is 1.88 bits per heavy atom. The summed E-state index contributed by atoms with van der Waals surface area (Å²) in [6, 6.07) is 9.65. The van der Waals surface area contributed by atoms with E-state index in [-0.39, 0.29) is 38.0 Å². The molecule has 1 fully saturated rings. The van der Waals surface area contributed by atoms with Crippen molar-refractivity contribution in [1.82, 2.24) is 10.3 Å². The first-order valence-electron chi connectivity index (χ1n) is 12.6. The van der Waals surface area contributed by atoms with Gasteiger partial charge in [-0.15, -0.1) is 0 Å². The molecular weight excluding hydrogens is 561 g/mol. The minimum atomic E-state index is -1.60. The van der Waals surface area contributed by atoms with Gasteiger partial charge in [-0.25, -0.2) is 18.6 Å². The summed E-state index contributed by atoms with van der Waals surface area (Å²) < 4.78 is 35.9. The molecule has 1 aromatic heterocycles. The first kappa shape index (κ1) is 29.9. The largest absolute Gasteiger partial charge is 0.465 e. The average Bonchev–Trinajstić information content (AvgIpc) is 3.16. The van der Waals surface area contributed by atoms with Crippen LogP contribution in [0.3, 0.4) is 0 Å². The second-order valence-corrected chi connectivity index (χ2v) is 11.9. The Labute approximate surface area is 241 Å². The number of halogens is 4. The number of nitrogens with zero attached hydrogens (tertiary/aromatic N) is 1. The molecule has 11 heteroatoms. The van der Waals surface area contributed by atoms with Gasteiger partial charge < -0.3 is 21.1 Å². The molecule has 2 aromatic carbocycles. The number of amides is 1. The molecule has 4 rings (SSSR count). The molecule has 0 bridgehead atoms. The summed E-state index contributed by atoms with van der Waals surface area (Å²) >= 11 is 12.2. The van der Waals surface area contributed by atoms with Crippen LogP contribution in [-0.2, 0) is 15.1 Å². The summed E-state index contributed by atoms with van der Waals surface area (Å²) in [6.45, 7) is 5.97. The third-order valence-electron chi connectivity index (χ3n) is 7.05. The van der Waals surface area contributed by atoms with Crippen LogP contribution < -0.4 is 16.4 Å². The van der Waals surface area contributed by atoms with Crippen molar-refractivity contribution >= 4 is 40.9 Å². The number of hydrogen-bond donors (Lipinski definition) is 3. The molecule has 1 aliphatic rings. The van der Waals surface area contributed by atoms with E-state index >= 15 is 8.78 Å². The number of aromatic nitrogens is 1. The Morgan fingerprint density at radius 1 is 1.15 bits per heavy atom. The minimum Gasteiger partial charge on any atom is -0.465 e. The lowest BCUT2D eigenvalue weighted by Crippen LogP contribution is -2.52. The maximum Gasteiger partial charge on any atom is 0.339 e. The molecule has 1 amide bonds. The number of ether oxygens (including phenoxy) is 1. The second-order valence-electron chi connectivity index (χ2n) is 11.1. The summed E-state index contributed by atoms with van der Waals surface area (Å²) in [4.78, 5) is 29.7. The summed E-state index contributed by atoms with van der Waals surface area (Å²) in [7, 11) is 1.25. The molecule has 1 saturated heterocycles. The lowest BCUT2D eigenvalue weighted by Gasteiger charge is -2.40. The molecule has 0 spiro atoms. The molecule has 0 aliphatic carbocycles. The van der Waals surface area contributed by atoms with Gasteiger partial charge in [0.15, 0.2) is 0 Å². The standard InChI is InChI=1S/C29H30Cl2F2N4O3/c1-28(2,3)13-21-29(34,18-10-9-16(30)12-20(18)32)23(17-6-5-7-19(31)24(17)33)25(36-21)26(38)37-22-11-8-15(14-35-22)27(39)40-4/h5-12,14,21,23,25,36H,13,34H2,1-4H3,(H,35,37,38). The third-order valence-corrected chi connectivity index (χ3v) is 7.58. The van der Waals surface area contributed by atoms with Crippen LogP contribution >= 0.6 is 23.2 Å². The Hall–Kier alpha value is -3.11. The molecule has 40 heavy (non-hydrogen) atoms. The summed E-state index contributed by atoms with van der Waals surface area (Å²) in [5.41, 5.74) is 5.60. The van der Waals surface area contributed by atoms with E-state index in [1.807, 2.05) is 20.8 Å². The van der Waals surface area contributed by atoms with Gasteiger partial charge in [-0.1, -0.05) is 62.2 Å². The number of hydrogen-bond acceptors (Lipinski definition) is 6. The molecule has 2 heterocycles. The molecule has 4 atom stereocenters. The van der Waals surface area contributed by atoms with Crippen molar-refractivity contribution in [3.05, 3.63) is 93.1 Å². The zero-order valence-electron chi connectivity index (χ0n) is 22.4. The first-order valence-corrected chi connectivity index (χ1v) is 13.3. The molecule has 212 valence electrons. The van der Waals surface area contributed by atoms with Gasteiger partial charge in [0.05, 0.1) is 29.3 Å². The van der Waals surface area contributed by atoms with E-state index < -0.39 is 47.1 Å². The van der Waals surface area contributed by atoms with E-state index in [9.17, 15) is 9.59 Å². The average molecular weight is 591 g/mol. The van der Waals surface area contributed by atoms with Crippen molar-refractivity contribution in [3.63, 3.8) is 0 Å². The van der Waals surface area contributed by atoms with E-state index in [0.29, 0.717) is 6.42 Å². The van der Waals surface area contributed by atoms with E-state index in [0.717, 1.165) is 6.07 Å². The molecule has 1 aliphatic heterocycles. The zero-order valence-corrected chi connectivity index (χ0v) is 23.9. The lowest BCUT2D eigenvalue weighted by molar-refractivity contribution is -0.118. The van der Waals surface area contributed by atoms with Crippen molar-refractivity contribution in [3.8, 4) is 0 Å². The molecule has 4 unspecified atom stereocenters. The van der Waals surface area contributed by atoms with Gasteiger partial charge >= 0.3 is 5.97 Å². The van der Waals surface area contributed by atoms with E-state index in [1.54, 1.807) is 6.07 Å². The SMILES string of the molecule is COC(=O)c1ccc(NC(=O)C2NC(CC(C)(C)C)C(N)(c3ccc(Cl)cc3F)C2c2cccc(Cl)c2F)nc1. The smallest absolute Gasteiger partial charge is 0.339 e. The topological polar surface area (TPSA) is 106 Å². The van der Waals surface area contributed by atoms with Crippen molar-refractivity contribution in [1.29, 1.82) is 0 Å². The Bertz CT molecular complexity index is 1430. The number of carbonyl (C=O) groups excluding carboxylic acids is 2. The van der Waals surface area contributed by atoms with Crippen LogP contribution in [0.4, 0.5) is 14.6 Å². The summed E-state index contributed by atoms with van der Waals surface area (Å²) in [5.74, 6) is -3.54. The third kappa shape index (κ3) is 5.83. The summed E-state index contributed by atoms with van der Waals surface area (Å²) in [6.07, 6.45) is 1.68. The second kappa shape index (κ2) is 11.4. The van der Waals surface area contributed by atoms with Gasteiger partial charge in [-0.2, -0.15) is 0 Å². The van der Waals surface area contributed by atoms with Gasteiger partial charge in [0, 0.05) is 28.7 Å².